The number of hydrogen-bond acceptors (Lipinski definition) is 6. The topological polar surface area (TPSA) is 94.8 Å². The second-order valence-electron chi connectivity index (χ2n) is 10.5. The smallest absolute Gasteiger partial charge is 0.282 e. The summed E-state index contributed by atoms with van der Waals surface area (Å²) >= 11 is 9.96. The lowest BCUT2D eigenvalue weighted by molar-refractivity contribution is -0.118. The first-order chi connectivity index (χ1) is 21.6. The molecular weight excluding hydrogens is 663 g/mol. The molecule has 0 aliphatic rings. The number of fused-ring (bicyclic) bond motifs is 1. The molecule has 0 radical (unpaired) electrons. The van der Waals surface area contributed by atoms with Gasteiger partial charge in [0.1, 0.15) is 11.6 Å². The van der Waals surface area contributed by atoms with Crippen molar-refractivity contribution in [2.24, 2.45) is 5.10 Å². The number of halogens is 3. The zero-order valence-electron chi connectivity index (χ0n) is 24.9. The number of hydrogen-bond donors (Lipinski definition) is 1. The highest BCUT2D eigenvalue weighted by atomic mass is 79.9. The number of nitrogens with one attached hydrogen (secondary N) is 1. The van der Waals surface area contributed by atoms with Crippen molar-refractivity contribution in [1.29, 1.82) is 0 Å². The van der Waals surface area contributed by atoms with Gasteiger partial charge < -0.3 is 14.8 Å². The fraction of sp³-hybridized carbons (Fsp3) is 0.176. The summed E-state index contributed by atoms with van der Waals surface area (Å²) in [6, 6.07) is 20.2. The quantitative estimate of drug-likeness (QED) is 0.158. The number of aromatic nitrogens is 2. The van der Waals surface area contributed by atoms with Crippen molar-refractivity contribution in [2.75, 3.05) is 19.0 Å². The van der Waals surface area contributed by atoms with Gasteiger partial charge in [-0.15, -0.1) is 0 Å². The van der Waals surface area contributed by atoms with Crippen LogP contribution in [-0.4, -0.2) is 35.5 Å². The van der Waals surface area contributed by atoms with Gasteiger partial charge in [-0.3, -0.25) is 9.59 Å². The summed E-state index contributed by atoms with van der Waals surface area (Å²) in [6.07, 6.45) is 1.49. The summed E-state index contributed by atoms with van der Waals surface area (Å²) in [6.45, 7) is 5.67. The second-order valence-corrected chi connectivity index (χ2v) is 11.8. The summed E-state index contributed by atoms with van der Waals surface area (Å²) in [7, 11) is 1.63. The number of para-hydroxylation sites is 2. The van der Waals surface area contributed by atoms with E-state index in [0.717, 1.165) is 22.4 Å². The first-order valence-corrected chi connectivity index (χ1v) is 15.2. The molecule has 1 aromatic heterocycles. The van der Waals surface area contributed by atoms with E-state index in [2.05, 4.69) is 40.2 Å². The molecule has 230 valence electrons. The molecular formula is C34H29BrClFN4O4. The minimum atomic E-state index is -0.557. The molecule has 4 aromatic carbocycles. The van der Waals surface area contributed by atoms with Crippen LogP contribution in [-0.2, 0) is 4.79 Å². The van der Waals surface area contributed by atoms with Crippen LogP contribution in [0, 0.1) is 12.7 Å². The Labute approximate surface area is 272 Å². The predicted octanol–water partition coefficient (Wildman–Crippen LogP) is 7.96. The SMILES string of the molecule is COc1cc(C)c(-c2nc3ccccc3c(=O)n2N=Cc2cc(Cl)c(OCC(=O)Nc3ccccc3F)c(Br)c2)cc1C(C)C. The normalized spacial score (nSPS) is 11.4. The van der Waals surface area contributed by atoms with Gasteiger partial charge in [-0.05, 0) is 94.0 Å². The molecule has 0 unspecified atom stereocenters. The molecule has 0 aliphatic heterocycles. The van der Waals surface area contributed by atoms with Crippen LogP contribution in [0.25, 0.3) is 22.3 Å². The lowest BCUT2D eigenvalue weighted by atomic mass is 9.96. The molecule has 1 N–H and O–H groups in total. The van der Waals surface area contributed by atoms with E-state index < -0.39 is 18.3 Å². The Bertz CT molecular complexity index is 1990. The Hall–Kier alpha value is -4.54. The van der Waals surface area contributed by atoms with E-state index in [4.69, 9.17) is 26.1 Å². The van der Waals surface area contributed by atoms with Gasteiger partial charge in [0.15, 0.2) is 18.2 Å². The highest BCUT2D eigenvalue weighted by molar-refractivity contribution is 9.10. The van der Waals surface area contributed by atoms with E-state index >= 15 is 0 Å². The van der Waals surface area contributed by atoms with Crippen molar-refractivity contribution in [1.82, 2.24) is 9.66 Å². The van der Waals surface area contributed by atoms with Crippen LogP contribution >= 0.6 is 27.5 Å². The van der Waals surface area contributed by atoms with Gasteiger partial charge in [0.2, 0.25) is 0 Å². The number of anilines is 1. The number of benzene rings is 4. The van der Waals surface area contributed by atoms with Gasteiger partial charge >= 0.3 is 0 Å². The average molecular weight is 692 g/mol. The van der Waals surface area contributed by atoms with Gasteiger partial charge in [0.05, 0.1) is 39.4 Å². The Balaban J connectivity index is 1.49. The number of nitrogens with zero attached hydrogens (tertiary/aromatic N) is 3. The Kier molecular flexibility index (Phi) is 9.65. The summed E-state index contributed by atoms with van der Waals surface area (Å²) in [4.78, 5) is 31.0. The van der Waals surface area contributed by atoms with Gasteiger partial charge in [-0.1, -0.05) is 49.7 Å². The summed E-state index contributed by atoms with van der Waals surface area (Å²) in [5, 5.41) is 7.65. The Morgan fingerprint density at radius 2 is 1.87 bits per heavy atom. The molecule has 0 fully saturated rings. The summed E-state index contributed by atoms with van der Waals surface area (Å²) in [5.41, 5.74) is 3.41. The molecule has 0 aliphatic carbocycles. The zero-order chi connectivity index (χ0) is 32.2. The third-order valence-corrected chi connectivity index (χ3v) is 7.90. The number of amides is 1. The Morgan fingerprint density at radius 3 is 2.58 bits per heavy atom. The van der Waals surface area contributed by atoms with Crippen LogP contribution in [0.2, 0.25) is 5.02 Å². The molecule has 0 saturated heterocycles. The van der Waals surface area contributed by atoms with Gasteiger partial charge in [0.25, 0.3) is 11.5 Å². The van der Waals surface area contributed by atoms with E-state index in [1.807, 2.05) is 25.1 Å². The van der Waals surface area contributed by atoms with Crippen molar-refractivity contribution in [3.8, 4) is 22.9 Å². The predicted molar refractivity (Wildman–Crippen MR) is 179 cm³/mol. The molecule has 0 atom stereocenters. The zero-order valence-corrected chi connectivity index (χ0v) is 27.2. The molecule has 45 heavy (non-hydrogen) atoms. The first kappa shape index (κ1) is 31.9. The number of carbonyl (C=O) groups excluding carboxylic acids is 1. The maximum atomic E-state index is 13.9. The molecule has 0 saturated carbocycles. The van der Waals surface area contributed by atoms with E-state index in [1.165, 1.54) is 29.1 Å². The monoisotopic (exact) mass is 690 g/mol. The highest BCUT2D eigenvalue weighted by Gasteiger charge is 2.19. The van der Waals surface area contributed by atoms with Gasteiger partial charge in [-0.25, -0.2) is 9.37 Å². The van der Waals surface area contributed by atoms with Crippen molar-refractivity contribution >= 4 is 56.2 Å². The molecule has 0 spiro atoms. The van der Waals surface area contributed by atoms with Crippen LogP contribution in [0.3, 0.4) is 0 Å². The Morgan fingerprint density at radius 1 is 1.13 bits per heavy atom. The summed E-state index contributed by atoms with van der Waals surface area (Å²) in [5.74, 6) is 0.407. The van der Waals surface area contributed by atoms with Crippen LogP contribution < -0.4 is 20.3 Å². The molecule has 8 nitrogen and oxygen atoms in total. The van der Waals surface area contributed by atoms with E-state index in [-0.39, 0.29) is 27.9 Å². The van der Waals surface area contributed by atoms with Crippen LogP contribution in [0.5, 0.6) is 11.5 Å². The second kappa shape index (κ2) is 13.6. The first-order valence-electron chi connectivity index (χ1n) is 14.0. The number of aryl methyl sites for hydroxylation is 1. The van der Waals surface area contributed by atoms with Crippen LogP contribution in [0.1, 0.15) is 36.5 Å². The number of ether oxygens (including phenoxy) is 2. The minimum Gasteiger partial charge on any atom is -0.496 e. The summed E-state index contributed by atoms with van der Waals surface area (Å²) < 4.78 is 26.9. The maximum absolute atomic E-state index is 13.9. The fourth-order valence-corrected chi connectivity index (χ4v) is 5.76. The van der Waals surface area contributed by atoms with E-state index in [1.54, 1.807) is 43.5 Å². The molecule has 5 rings (SSSR count). The van der Waals surface area contributed by atoms with Crippen LogP contribution in [0.4, 0.5) is 10.1 Å². The van der Waals surface area contributed by atoms with E-state index in [0.29, 0.717) is 26.8 Å². The third kappa shape index (κ3) is 6.92. The van der Waals surface area contributed by atoms with Crippen molar-refractivity contribution in [3.63, 3.8) is 0 Å². The molecule has 1 amide bonds. The van der Waals surface area contributed by atoms with Crippen molar-refractivity contribution in [3.05, 3.63) is 115 Å². The van der Waals surface area contributed by atoms with E-state index in [9.17, 15) is 14.0 Å². The minimum absolute atomic E-state index is 0.0471. The number of rotatable bonds is 9. The third-order valence-electron chi connectivity index (χ3n) is 7.03. The maximum Gasteiger partial charge on any atom is 0.282 e. The van der Waals surface area contributed by atoms with Crippen molar-refractivity contribution < 1.29 is 18.7 Å². The molecule has 11 heteroatoms. The lowest BCUT2D eigenvalue weighted by Crippen LogP contribution is -2.21. The van der Waals surface area contributed by atoms with Crippen LogP contribution in [0.15, 0.2) is 87.2 Å². The van der Waals surface area contributed by atoms with Gasteiger partial charge in [0, 0.05) is 5.56 Å². The molecule has 1 heterocycles. The number of methoxy groups -OCH3 is 1. The van der Waals surface area contributed by atoms with Crippen molar-refractivity contribution in [2.45, 2.75) is 26.7 Å². The standard InChI is InChI=1S/C34H29BrClFN4O4/c1-19(2)23-16-24(20(3)13-30(23)44-4)33-40-28-11-7-5-9-22(28)34(43)41(33)38-17-21-14-25(35)32(26(36)15-21)45-18-31(42)39-29-12-8-6-10-27(29)37/h5-17,19H,18H2,1-4H3,(H,39,42). The highest BCUT2D eigenvalue weighted by Crippen LogP contribution is 2.35. The lowest BCUT2D eigenvalue weighted by Gasteiger charge is -2.17. The largest absolute Gasteiger partial charge is 0.496 e. The molecule has 0 bridgehead atoms. The molecule has 5 aromatic rings. The fourth-order valence-electron chi connectivity index (χ4n) is 4.78. The number of carbonyl (C=O) groups is 1. The average Bonchev–Trinajstić information content (AvgIpc) is 3.01. The van der Waals surface area contributed by atoms with Gasteiger partial charge in [-0.2, -0.15) is 9.78 Å².